The normalized spacial score (nSPS) is 10.7. The number of carboxylic acids is 1. The molecule has 2 N–H and O–H groups in total. The summed E-state index contributed by atoms with van der Waals surface area (Å²) in [7, 11) is 0. The van der Waals surface area contributed by atoms with Crippen molar-refractivity contribution in [3.05, 3.63) is 107 Å². The number of hydrogen-bond donors (Lipinski definition) is 2. The summed E-state index contributed by atoms with van der Waals surface area (Å²) in [6, 6.07) is 20.9. The van der Waals surface area contributed by atoms with Gasteiger partial charge in [0.25, 0.3) is 5.91 Å². The van der Waals surface area contributed by atoms with Crippen molar-refractivity contribution in [1.29, 1.82) is 0 Å². The number of rotatable bonds is 6. The zero-order valence-corrected chi connectivity index (χ0v) is 15.2. The minimum atomic E-state index is -1.37. The molecule has 0 aliphatic carbocycles. The standard InChI is InChI=1S/C23H17NO5/c25-20(15-14-16-8-3-1-4-9-16)18-12-7-13-19(23(27)28)21(18)24(29)22(26)17-10-5-2-6-11-17/h1-15,29H,(H,27,28). The van der Waals surface area contributed by atoms with Crippen LogP contribution in [-0.4, -0.2) is 28.0 Å². The first-order valence-electron chi connectivity index (χ1n) is 8.71. The summed E-state index contributed by atoms with van der Waals surface area (Å²) in [5.41, 5.74) is 0.0718. The molecule has 0 saturated heterocycles. The molecule has 0 spiro atoms. The predicted molar refractivity (Wildman–Crippen MR) is 108 cm³/mol. The number of benzene rings is 3. The zero-order chi connectivity index (χ0) is 20.8. The van der Waals surface area contributed by atoms with Crippen LogP contribution >= 0.6 is 0 Å². The molecule has 0 unspecified atom stereocenters. The van der Waals surface area contributed by atoms with E-state index in [1.165, 1.54) is 36.4 Å². The van der Waals surface area contributed by atoms with Gasteiger partial charge in [-0.1, -0.05) is 60.7 Å². The lowest BCUT2D eigenvalue weighted by Gasteiger charge is -2.19. The first kappa shape index (κ1) is 19.7. The molecule has 6 heteroatoms. The predicted octanol–water partition coefficient (Wildman–Crippen LogP) is 4.32. The van der Waals surface area contributed by atoms with Gasteiger partial charge in [0, 0.05) is 11.1 Å². The van der Waals surface area contributed by atoms with Crippen molar-refractivity contribution < 1.29 is 24.7 Å². The van der Waals surface area contributed by atoms with Gasteiger partial charge >= 0.3 is 5.97 Å². The van der Waals surface area contributed by atoms with Crippen molar-refractivity contribution in [2.24, 2.45) is 0 Å². The van der Waals surface area contributed by atoms with Crippen LogP contribution < -0.4 is 5.06 Å². The van der Waals surface area contributed by atoms with Gasteiger partial charge in [-0.3, -0.25) is 14.8 Å². The highest BCUT2D eigenvalue weighted by atomic mass is 16.5. The number of para-hydroxylation sites is 1. The molecule has 3 rings (SSSR count). The lowest BCUT2D eigenvalue weighted by atomic mass is 10.0. The first-order valence-corrected chi connectivity index (χ1v) is 8.71. The lowest BCUT2D eigenvalue weighted by Crippen LogP contribution is -2.30. The van der Waals surface area contributed by atoms with Gasteiger partial charge in [-0.2, -0.15) is 5.06 Å². The van der Waals surface area contributed by atoms with Crippen LogP contribution in [0.2, 0.25) is 0 Å². The summed E-state index contributed by atoms with van der Waals surface area (Å²) in [6.45, 7) is 0. The molecule has 0 radical (unpaired) electrons. The molecule has 0 atom stereocenters. The maximum atomic E-state index is 12.7. The van der Waals surface area contributed by atoms with Crippen molar-refractivity contribution in [1.82, 2.24) is 0 Å². The molecular formula is C23H17NO5. The molecule has 0 saturated carbocycles. The van der Waals surface area contributed by atoms with Gasteiger partial charge in [-0.15, -0.1) is 0 Å². The smallest absolute Gasteiger partial charge is 0.337 e. The van der Waals surface area contributed by atoms with Gasteiger partial charge in [-0.05, 0) is 35.9 Å². The molecule has 0 aromatic heterocycles. The van der Waals surface area contributed by atoms with E-state index in [9.17, 15) is 24.7 Å². The number of hydroxylamine groups is 1. The molecule has 3 aromatic carbocycles. The number of amides is 1. The van der Waals surface area contributed by atoms with E-state index in [-0.39, 0.29) is 27.4 Å². The molecule has 3 aromatic rings. The second-order valence-corrected chi connectivity index (χ2v) is 6.10. The first-order chi connectivity index (χ1) is 14.0. The summed E-state index contributed by atoms with van der Waals surface area (Å²) in [6.07, 6.45) is 2.83. The molecule has 144 valence electrons. The van der Waals surface area contributed by atoms with E-state index >= 15 is 0 Å². The van der Waals surface area contributed by atoms with E-state index in [0.29, 0.717) is 0 Å². The second kappa shape index (κ2) is 8.77. The van der Waals surface area contributed by atoms with Gasteiger partial charge in [0.05, 0.1) is 11.3 Å². The Morgan fingerprint density at radius 2 is 1.34 bits per heavy atom. The Kier molecular flexibility index (Phi) is 5.97. The SMILES string of the molecule is O=C(O)c1cccc(C(=O)C=Cc2ccccc2)c1N(O)C(=O)c1ccccc1. The van der Waals surface area contributed by atoms with E-state index in [4.69, 9.17) is 0 Å². The third kappa shape index (κ3) is 4.45. The molecular weight excluding hydrogens is 370 g/mol. The number of aromatic carboxylic acids is 1. The van der Waals surface area contributed by atoms with Gasteiger partial charge in [0.1, 0.15) is 0 Å². The Morgan fingerprint density at radius 1 is 0.759 bits per heavy atom. The summed E-state index contributed by atoms with van der Waals surface area (Å²) in [5.74, 6) is -2.77. The van der Waals surface area contributed by atoms with Crippen LogP contribution in [-0.2, 0) is 0 Å². The highest BCUT2D eigenvalue weighted by molar-refractivity contribution is 6.17. The molecule has 6 nitrogen and oxygen atoms in total. The van der Waals surface area contributed by atoms with E-state index in [1.54, 1.807) is 36.4 Å². The van der Waals surface area contributed by atoms with Gasteiger partial charge in [0.15, 0.2) is 5.78 Å². The quantitative estimate of drug-likeness (QED) is 0.284. The Balaban J connectivity index is 2.03. The van der Waals surface area contributed by atoms with E-state index < -0.39 is 17.7 Å². The zero-order valence-electron chi connectivity index (χ0n) is 15.2. The van der Waals surface area contributed by atoms with Crippen LogP contribution in [0.15, 0.2) is 84.9 Å². The largest absolute Gasteiger partial charge is 0.478 e. The highest BCUT2D eigenvalue weighted by Gasteiger charge is 2.26. The number of hydrogen-bond acceptors (Lipinski definition) is 4. The topological polar surface area (TPSA) is 94.9 Å². The molecule has 0 heterocycles. The molecule has 1 amide bonds. The average molecular weight is 387 g/mol. The van der Waals surface area contributed by atoms with Crippen molar-refractivity contribution in [3.8, 4) is 0 Å². The Hall–Kier alpha value is -4.03. The highest BCUT2D eigenvalue weighted by Crippen LogP contribution is 2.27. The lowest BCUT2D eigenvalue weighted by molar-refractivity contribution is 0.0695. The Bertz CT molecular complexity index is 1070. The van der Waals surface area contributed by atoms with E-state index in [0.717, 1.165) is 5.56 Å². The van der Waals surface area contributed by atoms with E-state index in [1.807, 2.05) is 18.2 Å². The fourth-order valence-corrected chi connectivity index (χ4v) is 2.77. The third-order valence-electron chi connectivity index (χ3n) is 4.18. The third-order valence-corrected chi connectivity index (χ3v) is 4.18. The van der Waals surface area contributed by atoms with Crippen LogP contribution in [0, 0.1) is 0 Å². The minimum Gasteiger partial charge on any atom is -0.478 e. The van der Waals surface area contributed by atoms with Crippen LogP contribution in [0.4, 0.5) is 5.69 Å². The Morgan fingerprint density at radius 3 is 1.97 bits per heavy atom. The fourth-order valence-electron chi connectivity index (χ4n) is 2.77. The summed E-state index contributed by atoms with van der Waals surface area (Å²) < 4.78 is 0. The van der Waals surface area contributed by atoms with Gasteiger partial charge in [-0.25, -0.2) is 4.79 Å². The Labute approximate surface area is 166 Å². The summed E-state index contributed by atoms with van der Waals surface area (Å²) in [4.78, 5) is 37.0. The van der Waals surface area contributed by atoms with Crippen LogP contribution in [0.3, 0.4) is 0 Å². The summed E-state index contributed by atoms with van der Waals surface area (Å²) >= 11 is 0. The number of anilines is 1. The maximum Gasteiger partial charge on any atom is 0.337 e. The number of allylic oxidation sites excluding steroid dienone is 1. The van der Waals surface area contributed by atoms with Crippen molar-refractivity contribution in [3.63, 3.8) is 0 Å². The van der Waals surface area contributed by atoms with Crippen LogP contribution in [0.25, 0.3) is 6.08 Å². The fraction of sp³-hybridized carbons (Fsp3) is 0. The number of carbonyl (C=O) groups is 3. The summed E-state index contributed by atoms with van der Waals surface area (Å²) in [5, 5.41) is 20.2. The van der Waals surface area contributed by atoms with Crippen molar-refractivity contribution in [2.75, 3.05) is 5.06 Å². The van der Waals surface area contributed by atoms with Crippen LogP contribution in [0.5, 0.6) is 0 Å². The monoisotopic (exact) mass is 387 g/mol. The average Bonchev–Trinajstić information content (AvgIpc) is 2.77. The van der Waals surface area contributed by atoms with E-state index in [2.05, 4.69) is 0 Å². The van der Waals surface area contributed by atoms with Crippen molar-refractivity contribution >= 4 is 29.4 Å². The number of carbonyl (C=O) groups excluding carboxylic acids is 2. The molecule has 0 fully saturated rings. The van der Waals surface area contributed by atoms with Crippen molar-refractivity contribution in [2.45, 2.75) is 0 Å². The molecule has 0 aliphatic heterocycles. The van der Waals surface area contributed by atoms with Gasteiger partial charge in [0.2, 0.25) is 0 Å². The minimum absolute atomic E-state index is 0.108. The number of carboxylic acid groups (broad SMARTS) is 1. The number of ketones is 1. The molecule has 29 heavy (non-hydrogen) atoms. The maximum absolute atomic E-state index is 12.7. The molecule has 0 bridgehead atoms. The number of nitrogens with zero attached hydrogens (tertiary/aromatic N) is 1. The second-order valence-electron chi connectivity index (χ2n) is 6.10. The van der Waals surface area contributed by atoms with Gasteiger partial charge < -0.3 is 5.11 Å². The molecule has 0 aliphatic rings. The van der Waals surface area contributed by atoms with Crippen LogP contribution in [0.1, 0.15) is 36.6 Å².